The normalized spacial score (nSPS) is 13.6. The highest BCUT2D eigenvalue weighted by atomic mass is 128. The molecular weight excluding hydrogens is 438 g/mol. The van der Waals surface area contributed by atoms with E-state index >= 15 is 0 Å². The molecule has 16 heavy (non-hydrogen) atoms. The van der Waals surface area contributed by atoms with Crippen LogP contribution in [0.4, 0.5) is 0 Å². The van der Waals surface area contributed by atoms with Gasteiger partial charge in [-0.1, -0.05) is 19.1 Å². The fourth-order valence-electron chi connectivity index (χ4n) is 0.930. The van der Waals surface area contributed by atoms with E-state index in [1.807, 2.05) is 0 Å². The standard InChI is InChI=1S/C10H16O4.I2/c1-4-5-8(11)7(2)9(12)6-10(13)14-3;1-2/h4-5,7-8,11H,6H2,1-3H3;/b5-4+;. The van der Waals surface area contributed by atoms with Gasteiger partial charge in [-0.25, -0.2) is 0 Å². The molecule has 2 unspecified atom stereocenters. The maximum absolute atomic E-state index is 11.3. The van der Waals surface area contributed by atoms with Crippen LogP contribution >= 0.6 is 37.2 Å². The van der Waals surface area contributed by atoms with Gasteiger partial charge in [-0.2, -0.15) is 0 Å². The average molecular weight is 454 g/mol. The van der Waals surface area contributed by atoms with E-state index < -0.39 is 18.0 Å². The van der Waals surface area contributed by atoms with Gasteiger partial charge in [0.15, 0.2) is 0 Å². The second-order valence-corrected chi connectivity index (χ2v) is 3.02. The molecule has 0 bridgehead atoms. The topological polar surface area (TPSA) is 63.6 Å². The number of rotatable bonds is 5. The molecule has 0 saturated heterocycles. The number of hydrogen-bond acceptors (Lipinski definition) is 4. The molecule has 0 heterocycles. The third-order valence-electron chi connectivity index (χ3n) is 1.96. The Labute approximate surface area is 119 Å². The van der Waals surface area contributed by atoms with E-state index in [1.165, 1.54) is 13.2 Å². The van der Waals surface area contributed by atoms with Gasteiger partial charge in [0.05, 0.1) is 13.2 Å². The number of aliphatic hydroxyl groups excluding tert-OH is 1. The number of Topliss-reactive ketones (excluding diaryl/α,β-unsaturated/α-hetero) is 1. The summed E-state index contributed by atoms with van der Waals surface area (Å²) in [5, 5.41) is 9.41. The third-order valence-corrected chi connectivity index (χ3v) is 1.96. The minimum atomic E-state index is -0.836. The molecule has 0 aliphatic carbocycles. The first-order valence-electron chi connectivity index (χ1n) is 4.57. The zero-order valence-electron chi connectivity index (χ0n) is 9.44. The molecule has 0 aromatic carbocycles. The molecule has 0 aliphatic rings. The number of aliphatic hydroxyl groups is 1. The number of carbonyl (C=O) groups excluding carboxylic acids is 2. The summed E-state index contributed by atoms with van der Waals surface area (Å²) in [5.74, 6) is -1.47. The van der Waals surface area contributed by atoms with Gasteiger partial charge in [-0.05, 0) is 6.92 Å². The Bertz CT molecular complexity index is 241. The highest BCUT2D eigenvalue weighted by Crippen LogP contribution is 2.08. The van der Waals surface area contributed by atoms with Crippen molar-refractivity contribution >= 4 is 49.0 Å². The van der Waals surface area contributed by atoms with E-state index in [9.17, 15) is 14.7 Å². The summed E-state index contributed by atoms with van der Waals surface area (Å²) in [5.41, 5.74) is 0. The summed E-state index contributed by atoms with van der Waals surface area (Å²) in [6.45, 7) is 3.33. The predicted octanol–water partition coefficient (Wildman–Crippen LogP) is 2.46. The van der Waals surface area contributed by atoms with Gasteiger partial charge in [0.1, 0.15) is 12.2 Å². The molecule has 94 valence electrons. The summed E-state index contributed by atoms with van der Waals surface area (Å²) in [6.07, 6.45) is 2.05. The Balaban J connectivity index is 0. The average Bonchev–Trinajstić information content (AvgIpc) is 2.30. The Hall–Kier alpha value is 0.300. The molecule has 0 amide bonds. The number of esters is 1. The Kier molecular flexibility index (Phi) is 13.7. The largest absolute Gasteiger partial charge is 0.469 e. The lowest BCUT2D eigenvalue weighted by atomic mass is 9.97. The van der Waals surface area contributed by atoms with Gasteiger partial charge < -0.3 is 9.84 Å². The van der Waals surface area contributed by atoms with E-state index in [0.29, 0.717) is 0 Å². The van der Waals surface area contributed by atoms with Crippen LogP contribution in [0, 0.1) is 5.92 Å². The Morgan fingerprint density at radius 2 is 1.94 bits per heavy atom. The predicted molar refractivity (Wildman–Crippen MR) is 79.7 cm³/mol. The molecule has 0 saturated carbocycles. The van der Waals surface area contributed by atoms with Crippen molar-refractivity contribution in [1.29, 1.82) is 0 Å². The van der Waals surface area contributed by atoms with Gasteiger partial charge in [0, 0.05) is 43.1 Å². The summed E-state index contributed by atoms with van der Waals surface area (Å²) < 4.78 is 4.35. The lowest BCUT2D eigenvalue weighted by molar-refractivity contribution is -0.144. The number of carbonyl (C=O) groups is 2. The second-order valence-electron chi connectivity index (χ2n) is 3.02. The molecule has 0 aliphatic heterocycles. The van der Waals surface area contributed by atoms with Crippen LogP contribution in [-0.2, 0) is 14.3 Å². The fraction of sp³-hybridized carbons (Fsp3) is 0.600. The van der Waals surface area contributed by atoms with Crippen LogP contribution < -0.4 is 0 Å². The highest BCUT2D eigenvalue weighted by Gasteiger charge is 2.22. The van der Waals surface area contributed by atoms with Crippen LogP contribution in [0.1, 0.15) is 20.3 Å². The van der Waals surface area contributed by atoms with Crippen molar-refractivity contribution in [3.8, 4) is 0 Å². The van der Waals surface area contributed by atoms with E-state index in [1.54, 1.807) is 19.9 Å². The van der Waals surface area contributed by atoms with Crippen molar-refractivity contribution in [2.45, 2.75) is 26.4 Å². The minimum absolute atomic E-state index is 0.285. The number of allylic oxidation sites excluding steroid dienone is 1. The third kappa shape index (κ3) is 8.45. The van der Waals surface area contributed by atoms with E-state index in [2.05, 4.69) is 42.0 Å². The molecule has 4 nitrogen and oxygen atoms in total. The SMILES string of the molecule is C/C=C/C(O)C(C)C(=O)CC(=O)OC.II. The monoisotopic (exact) mass is 454 g/mol. The van der Waals surface area contributed by atoms with Crippen LogP contribution in [0.5, 0.6) is 0 Å². The van der Waals surface area contributed by atoms with Crippen molar-refractivity contribution in [2.24, 2.45) is 5.92 Å². The number of hydrogen-bond donors (Lipinski definition) is 1. The number of methoxy groups -OCH3 is 1. The lowest BCUT2D eigenvalue weighted by Gasteiger charge is -2.13. The second kappa shape index (κ2) is 11.8. The first-order valence-corrected chi connectivity index (χ1v) is 10.9. The van der Waals surface area contributed by atoms with E-state index in [4.69, 9.17) is 0 Å². The summed E-state index contributed by atoms with van der Waals surface area (Å²) >= 11 is 4.24. The Morgan fingerprint density at radius 3 is 2.31 bits per heavy atom. The number of ether oxygens (including phenoxy) is 1. The van der Waals surface area contributed by atoms with Crippen LogP contribution in [0.25, 0.3) is 0 Å². The summed E-state index contributed by atoms with van der Waals surface area (Å²) in [4.78, 5) is 22.1. The van der Waals surface area contributed by atoms with Gasteiger partial charge in [0.2, 0.25) is 0 Å². The maximum atomic E-state index is 11.3. The van der Waals surface area contributed by atoms with Crippen molar-refractivity contribution < 1.29 is 19.4 Å². The molecule has 0 rings (SSSR count). The minimum Gasteiger partial charge on any atom is -0.469 e. The Morgan fingerprint density at radius 1 is 1.44 bits per heavy atom. The quantitative estimate of drug-likeness (QED) is 0.300. The van der Waals surface area contributed by atoms with Crippen molar-refractivity contribution in [3.63, 3.8) is 0 Å². The molecule has 0 aromatic heterocycles. The van der Waals surface area contributed by atoms with Crippen LogP contribution in [0.2, 0.25) is 0 Å². The molecule has 0 fully saturated rings. The summed E-state index contributed by atoms with van der Waals surface area (Å²) in [7, 11) is 1.22. The van der Waals surface area contributed by atoms with Crippen molar-refractivity contribution in [1.82, 2.24) is 0 Å². The molecule has 6 heteroatoms. The first-order chi connectivity index (χ1) is 7.52. The first kappa shape index (κ1) is 18.7. The molecule has 0 aromatic rings. The highest BCUT2D eigenvalue weighted by molar-refractivity contribution is 15.0. The zero-order valence-corrected chi connectivity index (χ0v) is 13.8. The van der Waals surface area contributed by atoms with Gasteiger partial charge in [0.25, 0.3) is 0 Å². The van der Waals surface area contributed by atoms with Gasteiger partial charge in [-0.15, -0.1) is 0 Å². The van der Waals surface area contributed by atoms with E-state index in [-0.39, 0.29) is 12.2 Å². The molecule has 0 spiro atoms. The fourth-order valence-corrected chi connectivity index (χ4v) is 0.930. The lowest BCUT2D eigenvalue weighted by Crippen LogP contribution is -2.26. The maximum Gasteiger partial charge on any atom is 0.313 e. The molecular formula is C10H16I2O4. The van der Waals surface area contributed by atoms with Crippen molar-refractivity contribution in [2.75, 3.05) is 7.11 Å². The van der Waals surface area contributed by atoms with E-state index in [0.717, 1.165) is 0 Å². The van der Waals surface area contributed by atoms with Gasteiger partial charge in [-0.3, -0.25) is 9.59 Å². The van der Waals surface area contributed by atoms with Crippen molar-refractivity contribution in [3.05, 3.63) is 12.2 Å². The van der Waals surface area contributed by atoms with Crippen LogP contribution in [0.15, 0.2) is 12.2 Å². The zero-order chi connectivity index (χ0) is 13.1. The molecule has 0 radical (unpaired) electrons. The van der Waals surface area contributed by atoms with Gasteiger partial charge >= 0.3 is 5.97 Å². The van der Waals surface area contributed by atoms with Crippen LogP contribution in [-0.4, -0.2) is 30.1 Å². The number of ketones is 1. The number of halogens is 2. The molecule has 1 N–H and O–H groups in total. The molecule has 2 atom stereocenters. The summed E-state index contributed by atoms with van der Waals surface area (Å²) in [6, 6.07) is 0. The smallest absolute Gasteiger partial charge is 0.313 e. The van der Waals surface area contributed by atoms with Crippen LogP contribution in [0.3, 0.4) is 0 Å².